The Hall–Kier alpha value is -5.78. The molecule has 4 aromatic carbocycles. The summed E-state index contributed by atoms with van der Waals surface area (Å²) in [5, 5.41) is 14.0. The predicted octanol–water partition coefficient (Wildman–Crippen LogP) is 8.24. The van der Waals surface area contributed by atoms with Crippen molar-refractivity contribution in [2.24, 2.45) is 0 Å². The summed E-state index contributed by atoms with van der Waals surface area (Å²) in [4.78, 5) is 51.9. The molecule has 0 spiro atoms. The van der Waals surface area contributed by atoms with Crippen molar-refractivity contribution < 1.29 is 41.2 Å². The van der Waals surface area contributed by atoms with Crippen LogP contribution < -0.4 is 25.6 Å². The van der Waals surface area contributed by atoms with E-state index >= 15 is 0 Å². The van der Waals surface area contributed by atoms with Crippen molar-refractivity contribution in [1.82, 2.24) is 10.4 Å². The zero-order valence-corrected chi connectivity index (χ0v) is 38.0. The molecule has 4 aromatic rings. The maximum absolute atomic E-state index is 13.2. The molecular formula is C44H62N6O9S2. The third kappa shape index (κ3) is 19.9. The van der Waals surface area contributed by atoms with E-state index in [4.69, 9.17) is 5.21 Å². The summed E-state index contributed by atoms with van der Waals surface area (Å²) in [6.07, 6.45) is 2.54. The molecular weight excluding hydrogens is 821 g/mol. The number of rotatable bonds is 18. The Morgan fingerprint density at radius 3 is 1.18 bits per heavy atom. The fourth-order valence-electron chi connectivity index (χ4n) is 5.04. The van der Waals surface area contributed by atoms with Crippen LogP contribution in [0.2, 0.25) is 0 Å². The Bertz CT molecular complexity index is 2030. The summed E-state index contributed by atoms with van der Waals surface area (Å²) in [6.45, 7) is 15.0. The first kappa shape index (κ1) is 53.2. The number of benzene rings is 4. The van der Waals surface area contributed by atoms with Crippen LogP contribution in [0.4, 0.5) is 22.7 Å². The minimum Gasteiger partial charge on any atom is -0.325 e. The molecule has 61 heavy (non-hydrogen) atoms. The summed E-state index contributed by atoms with van der Waals surface area (Å²) in [5.41, 5.74) is 4.52. The maximum Gasteiger partial charge on any atom is 0.261 e. The van der Waals surface area contributed by atoms with Gasteiger partial charge in [0.05, 0.1) is 9.79 Å². The Balaban J connectivity index is 0.00000250. The van der Waals surface area contributed by atoms with Crippen molar-refractivity contribution in [3.8, 4) is 0 Å². The molecule has 0 aliphatic carbocycles. The van der Waals surface area contributed by atoms with Crippen molar-refractivity contribution in [1.29, 1.82) is 0 Å². The van der Waals surface area contributed by atoms with Crippen LogP contribution in [0.25, 0.3) is 0 Å². The molecule has 4 amide bonds. The fraction of sp³-hybridized carbons (Fsp3) is 0.364. The highest BCUT2D eigenvalue weighted by molar-refractivity contribution is 7.93. The maximum atomic E-state index is 13.2. The predicted molar refractivity (Wildman–Crippen MR) is 242 cm³/mol. The van der Waals surface area contributed by atoms with Gasteiger partial charge in [0.2, 0.25) is 23.6 Å². The SMILES string of the molecule is CC.CC.CCC.Cc1ccc(S(=O)(=O)Nc2ccc(NC(=O)CN(CC(=O)Nc3ccc(NS(=O)(=O)c4ccc(C)cc4)cc3)C(=O)CCCCCC(=O)NO)cc2)cc1. The van der Waals surface area contributed by atoms with Gasteiger partial charge in [-0.2, -0.15) is 0 Å². The standard InChI is InChI=1S/C37H42N6O9S2.C3H8.2C2H6/c1-26-8-20-32(21-9-26)53(49,50)41-30-16-12-28(13-17-30)38-35(45)24-43(37(47)7-5-3-4-6-34(44)40-48)25-36(46)39-29-14-18-31(19-15-29)42-54(51,52)33-22-10-27(2)11-23-33;1-3-2;2*1-2/h8-23,41-42,48H,3-7,24-25H2,1-2H3,(H,38,45)(H,39,46)(H,40,44);3H2,1-2H3;2*1-2H3. The normalized spacial score (nSPS) is 10.4. The second kappa shape index (κ2) is 27.9. The topological polar surface area (TPSA) is 220 Å². The first-order valence-electron chi connectivity index (χ1n) is 20.2. The van der Waals surface area contributed by atoms with E-state index in [0.717, 1.165) is 16.0 Å². The van der Waals surface area contributed by atoms with Gasteiger partial charge in [0.25, 0.3) is 20.0 Å². The molecule has 0 saturated heterocycles. The quantitative estimate of drug-likeness (QED) is 0.0321. The van der Waals surface area contributed by atoms with Crippen LogP contribution in [-0.2, 0) is 39.2 Å². The molecule has 4 rings (SSSR count). The van der Waals surface area contributed by atoms with Crippen molar-refractivity contribution in [2.75, 3.05) is 33.2 Å². The number of unbranched alkanes of at least 4 members (excludes halogenated alkanes) is 2. The molecule has 0 saturated carbocycles. The Morgan fingerprint density at radius 2 is 0.836 bits per heavy atom. The van der Waals surface area contributed by atoms with E-state index in [-0.39, 0.29) is 34.0 Å². The van der Waals surface area contributed by atoms with Gasteiger partial charge in [0.15, 0.2) is 0 Å². The van der Waals surface area contributed by atoms with Crippen LogP contribution in [-0.4, -0.2) is 63.7 Å². The van der Waals surface area contributed by atoms with Gasteiger partial charge in [-0.3, -0.25) is 33.8 Å². The monoisotopic (exact) mass is 882 g/mol. The van der Waals surface area contributed by atoms with E-state index in [1.54, 1.807) is 29.7 Å². The fourth-order valence-corrected chi connectivity index (χ4v) is 7.16. The molecule has 0 radical (unpaired) electrons. The molecule has 0 atom stereocenters. The van der Waals surface area contributed by atoms with Gasteiger partial charge in [-0.1, -0.05) is 89.8 Å². The number of sulfonamides is 2. The molecule has 0 aliphatic heterocycles. The highest BCUT2D eigenvalue weighted by Crippen LogP contribution is 2.21. The van der Waals surface area contributed by atoms with Crippen LogP contribution in [0.1, 0.15) is 91.2 Å². The number of hydrogen-bond donors (Lipinski definition) is 6. The van der Waals surface area contributed by atoms with E-state index in [1.165, 1.54) is 79.2 Å². The number of nitrogens with one attached hydrogen (secondary N) is 5. The van der Waals surface area contributed by atoms with Gasteiger partial charge < -0.3 is 15.5 Å². The second-order valence-corrected chi connectivity index (χ2v) is 16.5. The van der Waals surface area contributed by atoms with Crippen molar-refractivity contribution in [2.45, 2.75) is 104 Å². The van der Waals surface area contributed by atoms with Crippen molar-refractivity contribution in [3.05, 3.63) is 108 Å². The van der Waals surface area contributed by atoms with E-state index in [1.807, 2.05) is 41.5 Å². The highest BCUT2D eigenvalue weighted by Gasteiger charge is 2.21. The summed E-state index contributed by atoms with van der Waals surface area (Å²) >= 11 is 0. The lowest BCUT2D eigenvalue weighted by atomic mass is 10.1. The zero-order valence-electron chi connectivity index (χ0n) is 36.4. The van der Waals surface area contributed by atoms with Crippen molar-refractivity contribution >= 4 is 66.4 Å². The Kier molecular flexibility index (Phi) is 24.3. The Labute approximate surface area is 361 Å². The average Bonchev–Trinajstić information content (AvgIpc) is 3.23. The molecule has 17 heteroatoms. The van der Waals surface area contributed by atoms with E-state index < -0.39 is 56.8 Å². The first-order chi connectivity index (χ1) is 29.0. The lowest BCUT2D eigenvalue weighted by Gasteiger charge is -2.22. The Morgan fingerprint density at radius 1 is 0.508 bits per heavy atom. The van der Waals surface area contributed by atoms with Crippen LogP contribution in [0.3, 0.4) is 0 Å². The summed E-state index contributed by atoms with van der Waals surface area (Å²) in [5.74, 6) is -2.28. The lowest BCUT2D eigenvalue weighted by Crippen LogP contribution is -2.42. The van der Waals surface area contributed by atoms with Crippen LogP contribution in [0.5, 0.6) is 0 Å². The van der Waals surface area contributed by atoms with E-state index in [2.05, 4.69) is 33.9 Å². The number of amides is 4. The third-order valence-corrected chi connectivity index (χ3v) is 10.7. The number of anilines is 4. The molecule has 0 aliphatic rings. The smallest absolute Gasteiger partial charge is 0.261 e. The number of hydroxylamine groups is 1. The molecule has 6 N–H and O–H groups in total. The van der Waals surface area contributed by atoms with Crippen molar-refractivity contribution in [3.63, 3.8) is 0 Å². The summed E-state index contributed by atoms with van der Waals surface area (Å²) in [6, 6.07) is 24.5. The molecule has 0 fully saturated rings. The number of carbonyl (C=O) groups excluding carboxylic acids is 4. The summed E-state index contributed by atoms with van der Waals surface area (Å²) < 4.78 is 55.9. The van der Waals surface area contributed by atoms with Crippen LogP contribution in [0.15, 0.2) is 107 Å². The molecule has 15 nitrogen and oxygen atoms in total. The van der Waals surface area contributed by atoms with Gasteiger partial charge in [-0.25, -0.2) is 22.3 Å². The number of aryl methyl sites for hydroxylation is 2. The van der Waals surface area contributed by atoms with Gasteiger partial charge in [-0.15, -0.1) is 0 Å². The minimum atomic E-state index is -3.84. The van der Waals surface area contributed by atoms with Crippen LogP contribution >= 0.6 is 0 Å². The number of carbonyl (C=O) groups is 4. The third-order valence-electron chi connectivity index (χ3n) is 7.95. The number of nitrogens with zero attached hydrogens (tertiary/aromatic N) is 1. The van der Waals surface area contributed by atoms with E-state index in [9.17, 15) is 36.0 Å². The minimum absolute atomic E-state index is 0.0209. The van der Waals surface area contributed by atoms with Gasteiger partial charge in [0.1, 0.15) is 13.1 Å². The number of hydrogen-bond acceptors (Lipinski definition) is 9. The molecule has 334 valence electrons. The molecule has 0 unspecified atom stereocenters. The van der Waals surface area contributed by atoms with Crippen LogP contribution in [0, 0.1) is 13.8 Å². The highest BCUT2D eigenvalue weighted by atomic mass is 32.2. The molecule has 0 aromatic heterocycles. The zero-order chi connectivity index (χ0) is 46.0. The van der Waals surface area contributed by atoms with Gasteiger partial charge >= 0.3 is 0 Å². The van der Waals surface area contributed by atoms with Gasteiger partial charge in [-0.05, 0) is 99.5 Å². The molecule has 0 heterocycles. The second-order valence-electron chi connectivity index (χ2n) is 13.1. The lowest BCUT2D eigenvalue weighted by molar-refractivity contribution is -0.137. The summed E-state index contributed by atoms with van der Waals surface area (Å²) in [7, 11) is -7.68. The molecule has 0 bridgehead atoms. The first-order valence-corrected chi connectivity index (χ1v) is 23.2. The van der Waals surface area contributed by atoms with Gasteiger partial charge in [0, 0.05) is 35.6 Å². The average molecular weight is 883 g/mol. The van der Waals surface area contributed by atoms with E-state index in [0.29, 0.717) is 30.6 Å². The largest absolute Gasteiger partial charge is 0.325 e.